The molecule has 0 bridgehead atoms. The fourth-order valence-corrected chi connectivity index (χ4v) is 1.07. The van der Waals surface area contributed by atoms with Crippen molar-refractivity contribution in [3.63, 3.8) is 0 Å². The van der Waals surface area contributed by atoms with E-state index in [1.165, 1.54) is 0 Å². The summed E-state index contributed by atoms with van der Waals surface area (Å²) in [7, 11) is 0. The van der Waals surface area contributed by atoms with Gasteiger partial charge in [-0.05, 0) is 0 Å². The largest absolute Gasteiger partial charge is 0.369 e. The molecule has 2 rings (SSSR count). The van der Waals surface area contributed by atoms with Gasteiger partial charge >= 0.3 is 0 Å². The number of nitrogens with zero attached hydrogens (tertiary/aromatic N) is 1. The fourth-order valence-electron chi connectivity index (χ4n) is 1.07. The molecule has 2 aliphatic heterocycles. The average Bonchev–Trinajstić information content (AvgIpc) is 2.33. The van der Waals surface area contributed by atoms with Crippen LogP contribution in [-0.2, 0) is 0 Å². The highest BCUT2D eigenvalue weighted by molar-refractivity contribution is 5.58. The number of fused-ring (bicyclic) bond motifs is 1. The first kappa shape index (κ1) is 5.20. The highest BCUT2D eigenvalue weighted by Crippen LogP contribution is 2.02. The van der Waals surface area contributed by atoms with E-state index >= 15 is 0 Å². The zero-order valence-corrected chi connectivity index (χ0v) is 4.96. The van der Waals surface area contributed by atoms with Crippen molar-refractivity contribution in [2.45, 2.75) is 12.2 Å². The lowest BCUT2D eigenvalue weighted by atomic mass is 10.2. The Morgan fingerprint density at radius 2 is 2.44 bits per heavy atom. The van der Waals surface area contributed by atoms with E-state index in [-0.39, 0.29) is 6.17 Å². The quantitative estimate of drug-likeness (QED) is 0.374. The molecule has 1 fully saturated rings. The molecule has 0 aliphatic carbocycles. The Bertz CT molecular complexity index is 133. The van der Waals surface area contributed by atoms with Crippen LogP contribution < -0.4 is 16.0 Å². The van der Waals surface area contributed by atoms with E-state index in [0.29, 0.717) is 6.04 Å². The maximum Gasteiger partial charge on any atom is 0.124 e. The van der Waals surface area contributed by atoms with Crippen LogP contribution in [-0.4, -0.2) is 25.1 Å². The molecule has 0 aromatic heterocycles. The Hall–Kier alpha value is -0.610. The summed E-state index contributed by atoms with van der Waals surface area (Å²) >= 11 is 0. The molecule has 2 heterocycles. The van der Waals surface area contributed by atoms with Crippen LogP contribution in [0, 0.1) is 6.67 Å². The molecular weight excluding hydrogens is 116 g/mol. The van der Waals surface area contributed by atoms with E-state index in [1.54, 1.807) is 6.34 Å². The molecular formula is C5H9N4. The van der Waals surface area contributed by atoms with E-state index in [2.05, 4.69) is 20.9 Å². The molecule has 1 saturated heterocycles. The van der Waals surface area contributed by atoms with Gasteiger partial charge in [0.25, 0.3) is 0 Å². The number of hydrogen-bond acceptors (Lipinski definition) is 4. The Morgan fingerprint density at radius 3 is 3.33 bits per heavy atom. The lowest BCUT2D eigenvalue weighted by molar-refractivity contribution is 0.394. The Morgan fingerprint density at radius 1 is 1.44 bits per heavy atom. The molecule has 1 radical (unpaired) electrons. The van der Waals surface area contributed by atoms with Gasteiger partial charge in [-0.1, -0.05) is 0 Å². The van der Waals surface area contributed by atoms with E-state index in [9.17, 15) is 0 Å². The minimum absolute atomic E-state index is 0.256. The molecule has 0 spiro atoms. The van der Waals surface area contributed by atoms with E-state index in [1.807, 2.05) is 6.67 Å². The number of nitrogens with one attached hydrogen (secondary N) is 3. The normalized spacial score (nSPS) is 40.0. The van der Waals surface area contributed by atoms with Gasteiger partial charge in [-0.15, -0.1) is 0 Å². The second-order valence-electron chi connectivity index (χ2n) is 2.22. The van der Waals surface area contributed by atoms with Gasteiger partial charge in [0.1, 0.15) is 6.17 Å². The van der Waals surface area contributed by atoms with Crippen molar-refractivity contribution in [1.82, 2.24) is 16.0 Å². The second-order valence-corrected chi connectivity index (χ2v) is 2.22. The van der Waals surface area contributed by atoms with Crippen molar-refractivity contribution in [3.8, 4) is 0 Å². The first-order valence-electron chi connectivity index (χ1n) is 3.05. The van der Waals surface area contributed by atoms with E-state index in [4.69, 9.17) is 0 Å². The highest BCUT2D eigenvalue weighted by Gasteiger charge is 2.25. The van der Waals surface area contributed by atoms with Crippen molar-refractivity contribution in [2.75, 3.05) is 6.54 Å². The van der Waals surface area contributed by atoms with E-state index < -0.39 is 0 Å². The smallest absolute Gasteiger partial charge is 0.124 e. The summed E-state index contributed by atoms with van der Waals surface area (Å²) in [6.07, 6.45) is 2.01. The molecule has 0 saturated carbocycles. The molecule has 3 N–H and O–H groups in total. The van der Waals surface area contributed by atoms with Crippen molar-refractivity contribution in [2.24, 2.45) is 4.99 Å². The van der Waals surface area contributed by atoms with Crippen LogP contribution in [0.25, 0.3) is 0 Å². The van der Waals surface area contributed by atoms with Gasteiger partial charge in [0, 0.05) is 6.54 Å². The Kier molecular flexibility index (Phi) is 1.13. The average molecular weight is 125 g/mol. The number of rotatable bonds is 0. The summed E-state index contributed by atoms with van der Waals surface area (Å²) in [4.78, 5) is 4.14. The molecule has 0 amide bonds. The first-order chi connectivity index (χ1) is 4.47. The van der Waals surface area contributed by atoms with Crippen LogP contribution in [0.1, 0.15) is 0 Å². The zero-order valence-electron chi connectivity index (χ0n) is 4.96. The maximum atomic E-state index is 4.14. The standard InChI is InChI=1S/C5H9N4/c1-4-5(8-2-6-1)9-3-7-4/h2-6,8H,1H2,(H,7,9). The van der Waals surface area contributed by atoms with Crippen LogP contribution in [0.15, 0.2) is 4.99 Å². The minimum atomic E-state index is 0.256. The van der Waals surface area contributed by atoms with Crippen LogP contribution in [0.5, 0.6) is 0 Å². The van der Waals surface area contributed by atoms with Crippen molar-refractivity contribution in [3.05, 3.63) is 6.67 Å². The summed E-state index contributed by atoms with van der Waals surface area (Å²) < 4.78 is 0. The topological polar surface area (TPSA) is 48.5 Å². The van der Waals surface area contributed by atoms with Gasteiger partial charge in [0.15, 0.2) is 0 Å². The summed E-state index contributed by atoms with van der Waals surface area (Å²) in [5.74, 6) is 0. The van der Waals surface area contributed by atoms with Crippen molar-refractivity contribution < 1.29 is 0 Å². The van der Waals surface area contributed by atoms with Crippen LogP contribution in [0.4, 0.5) is 0 Å². The molecule has 4 heteroatoms. The lowest BCUT2D eigenvalue weighted by Crippen LogP contribution is -2.53. The number of hydrogen-bond donors (Lipinski definition) is 3. The van der Waals surface area contributed by atoms with Gasteiger partial charge in [0.2, 0.25) is 0 Å². The summed E-state index contributed by atoms with van der Waals surface area (Å²) in [5.41, 5.74) is 0. The third kappa shape index (κ3) is 0.799. The van der Waals surface area contributed by atoms with E-state index in [0.717, 1.165) is 6.54 Å². The molecule has 2 atom stereocenters. The van der Waals surface area contributed by atoms with Gasteiger partial charge in [-0.2, -0.15) is 0 Å². The van der Waals surface area contributed by atoms with Gasteiger partial charge < -0.3 is 5.32 Å². The van der Waals surface area contributed by atoms with Gasteiger partial charge in [-0.3, -0.25) is 15.6 Å². The summed E-state index contributed by atoms with van der Waals surface area (Å²) in [6.45, 7) is 2.79. The predicted molar refractivity (Wildman–Crippen MR) is 34.6 cm³/mol. The third-order valence-corrected chi connectivity index (χ3v) is 1.60. The summed E-state index contributed by atoms with van der Waals surface area (Å²) in [5, 5.41) is 9.28. The molecule has 0 aromatic carbocycles. The molecule has 2 aliphatic rings. The number of aliphatic imine (C=N–C) groups is 1. The molecule has 4 nitrogen and oxygen atoms in total. The summed E-state index contributed by atoms with van der Waals surface area (Å²) in [6, 6.07) is 0.440. The van der Waals surface area contributed by atoms with Crippen molar-refractivity contribution >= 4 is 6.34 Å². The van der Waals surface area contributed by atoms with Gasteiger partial charge in [0.05, 0.1) is 19.0 Å². The fraction of sp³-hybridized carbons (Fsp3) is 0.600. The SMILES string of the molecule is [CH]1NCC2NC=NC2N1. The Labute approximate surface area is 53.7 Å². The third-order valence-electron chi connectivity index (χ3n) is 1.60. The first-order valence-corrected chi connectivity index (χ1v) is 3.05. The highest BCUT2D eigenvalue weighted by atomic mass is 15.3. The molecule has 9 heavy (non-hydrogen) atoms. The molecule has 0 aromatic rings. The molecule has 2 unspecified atom stereocenters. The van der Waals surface area contributed by atoms with Crippen LogP contribution in [0.2, 0.25) is 0 Å². The molecule has 49 valence electrons. The van der Waals surface area contributed by atoms with Crippen LogP contribution >= 0.6 is 0 Å². The van der Waals surface area contributed by atoms with Gasteiger partial charge in [-0.25, -0.2) is 0 Å². The second kappa shape index (κ2) is 1.97. The predicted octanol–water partition coefficient (Wildman–Crippen LogP) is -1.38. The minimum Gasteiger partial charge on any atom is -0.369 e. The van der Waals surface area contributed by atoms with Crippen molar-refractivity contribution in [1.29, 1.82) is 0 Å². The monoisotopic (exact) mass is 125 g/mol. The lowest BCUT2D eigenvalue weighted by Gasteiger charge is -2.24. The Balaban J connectivity index is 2.03. The maximum absolute atomic E-state index is 4.14. The zero-order chi connectivity index (χ0) is 6.10. The van der Waals surface area contributed by atoms with Crippen LogP contribution in [0.3, 0.4) is 0 Å².